The third kappa shape index (κ3) is 24.3. The Bertz CT molecular complexity index is 385. The first-order valence-electron chi connectivity index (χ1n) is 16.4. The van der Waals surface area contributed by atoms with Crippen LogP contribution >= 0.6 is 11.6 Å². The second-order valence-corrected chi connectivity index (χ2v) is 11.8. The Balaban J connectivity index is 4.49. The van der Waals surface area contributed by atoms with Crippen molar-refractivity contribution in [1.82, 2.24) is 0 Å². The van der Waals surface area contributed by atoms with Crippen molar-refractivity contribution in [3.05, 3.63) is 0 Å². The van der Waals surface area contributed by atoms with Crippen LogP contribution < -0.4 is 0 Å². The second kappa shape index (κ2) is 28.8. The predicted molar refractivity (Wildman–Crippen MR) is 161 cm³/mol. The molecule has 0 bridgehead atoms. The summed E-state index contributed by atoms with van der Waals surface area (Å²) in [6, 6.07) is 0. The number of alkyl halides is 1. The third-order valence-corrected chi connectivity index (χ3v) is 8.16. The van der Waals surface area contributed by atoms with Gasteiger partial charge in [-0.1, -0.05) is 162 Å². The molecule has 0 aliphatic heterocycles. The molecular formula is C33H67ClO. The van der Waals surface area contributed by atoms with Crippen LogP contribution in [-0.4, -0.2) is 18.1 Å². The van der Waals surface area contributed by atoms with E-state index < -0.39 is 0 Å². The summed E-state index contributed by atoms with van der Waals surface area (Å²) >= 11 is 6.18. The van der Waals surface area contributed by atoms with Gasteiger partial charge in [0.25, 0.3) is 0 Å². The Kier molecular flexibility index (Phi) is 29.0. The van der Waals surface area contributed by atoms with E-state index in [1.165, 1.54) is 167 Å². The minimum absolute atomic E-state index is 0.0989. The zero-order valence-electron chi connectivity index (χ0n) is 24.8. The van der Waals surface area contributed by atoms with Crippen molar-refractivity contribution in [1.29, 1.82) is 0 Å². The number of rotatable bonds is 30. The molecule has 0 saturated heterocycles. The van der Waals surface area contributed by atoms with Gasteiger partial charge in [0.15, 0.2) is 0 Å². The molecule has 0 aromatic heterocycles. The Morgan fingerprint density at radius 1 is 0.400 bits per heavy atom. The van der Waals surface area contributed by atoms with Gasteiger partial charge in [-0.2, -0.15) is 0 Å². The molecule has 0 aliphatic carbocycles. The molecule has 1 unspecified atom stereocenters. The summed E-state index contributed by atoms with van der Waals surface area (Å²) in [5, 5.41) is 0. The molecule has 0 aromatic carbocycles. The molecular weight excluding hydrogens is 448 g/mol. The van der Waals surface area contributed by atoms with Crippen LogP contribution in [0.3, 0.4) is 0 Å². The van der Waals surface area contributed by atoms with Crippen molar-refractivity contribution in [2.75, 3.05) is 12.5 Å². The van der Waals surface area contributed by atoms with Gasteiger partial charge in [-0.05, 0) is 32.1 Å². The van der Waals surface area contributed by atoms with E-state index in [1.807, 2.05) is 0 Å². The fraction of sp³-hybridized carbons (Fsp3) is 1.00. The van der Waals surface area contributed by atoms with Gasteiger partial charge < -0.3 is 4.74 Å². The number of unbranched alkanes of at least 4 members (excludes halogenated alkanes) is 20. The molecule has 1 nitrogen and oxygen atoms in total. The molecule has 0 fully saturated rings. The van der Waals surface area contributed by atoms with Gasteiger partial charge in [-0.15, -0.1) is 11.6 Å². The highest BCUT2D eigenvalue weighted by atomic mass is 35.5. The first kappa shape index (κ1) is 35.2. The second-order valence-electron chi connectivity index (χ2n) is 11.4. The summed E-state index contributed by atoms with van der Waals surface area (Å²) in [6.07, 6.45) is 36.6. The highest BCUT2D eigenvalue weighted by Gasteiger charge is 2.29. The van der Waals surface area contributed by atoms with Crippen molar-refractivity contribution in [3.63, 3.8) is 0 Å². The molecule has 0 rings (SSSR count). The lowest BCUT2D eigenvalue weighted by Gasteiger charge is -2.35. The normalized spacial score (nSPS) is 13.4. The van der Waals surface area contributed by atoms with Crippen LogP contribution in [0.1, 0.15) is 194 Å². The Morgan fingerprint density at radius 2 is 0.714 bits per heavy atom. The maximum atomic E-state index is 6.82. The molecule has 0 heterocycles. The summed E-state index contributed by atoms with van der Waals surface area (Å²) < 4.78 is 6.82. The molecule has 0 N–H and O–H groups in total. The van der Waals surface area contributed by atoms with E-state index in [2.05, 4.69) is 20.8 Å². The summed E-state index contributed by atoms with van der Waals surface area (Å²) in [5.41, 5.74) is 0.0989. The summed E-state index contributed by atoms with van der Waals surface area (Å²) in [5.74, 6) is 0.775. The minimum Gasteiger partial charge on any atom is -0.375 e. The maximum absolute atomic E-state index is 6.82. The first-order valence-corrected chi connectivity index (χ1v) is 17.0. The summed E-state index contributed by atoms with van der Waals surface area (Å²) in [7, 11) is 0. The Morgan fingerprint density at radius 3 is 1.09 bits per heavy atom. The fourth-order valence-corrected chi connectivity index (χ4v) is 5.62. The first-order chi connectivity index (χ1) is 17.2. The third-order valence-electron chi connectivity index (χ3n) is 7.89. The molecule has 0 aromatic rings. The molecule has 0 radical (unpaired) electrons. The topological polar surface area (TPSA) is 9.23 Å². The number of hydrogen-bond donors (Lipinski definition) is 0. The molecule has 0 aliphatic rings. The van der Waals surface area contributed by atoms with Crippen LogP contribution in [0.15, 0.2) is 0 Å². The van der Waals surface area contributed by atoms with Crippen LogP contribution in [0.5, 0.6) is 0 Å². The SMILES string of the molecule is CCCCCCCCCCOC(CCCCl)(CCCCCCCCC)CCCCCCCCCC. The molecule has 35 heavy (non-hydrogen) atoms. The maximum Gasteiger partial charge on any atom is 0.0683 e. The standard InChI is InChI=1S/C33H67ClO/c1-4-7-10-13-16-19-22-25-29-33(30-27-31-34,28-24-21-18-15-12-9-6-3)35-32-26-23-20-17-14-11-8-5-2/h4-32H2,1-3H3. The summed E-state index contributed by atoms with van der Waals surface area (Å²) in [6.45, 7) is 7.87. The van der Waals surface area contributed by atoms with Crippen LogP contribution in [0.2, 0.25) is 0 Å². The van der Waals surface area contributed by atoms with E-state index in [0.29, 0.717) is 0 Å². The minimum atomic E-state index is 0.0989. The lowest BCUT2D eigenvalue weighted by Crippen LogP contribution is -2.33. The Labute approximate surface area is 228 Å². The Hall–Kier alpha value is 0.250. The van der Waals surface area contributed by atoms with Crippen molar-refractivity contribution in [2.45, 2.75) is 200 Å². The van der Waals surface area contributed by atoms with Gasteiger partial charge >= 0.3 is 0 Å². The lowest BCUT2D eigenvalue weighted by atomic mass is 9.85. The number of hydrogen-bond acceptors (Lipinski definition) is 1. The average Bonchev–Trinajstić information content (AvgIpc) is 2.87. The fourth-order valence-electron chi connectivity index (χ4n) is 5.49. The zero-order valence-corrected chi connectivity index (χ0v) is 25.5. The molecule has 0 amide bonds. The van der Waals surface area contributed by atoms with Crippen LogP contribution in [0.25, 0.3) is 0 Å². The predicted octanol–water partition coefficient (Wildman–Crippen LogP) is 12.6. The van der Waals surface area contributed by atoms with E-state index in [1.54, 1.807) is 0 Å². The lowest BCUT2D eigenvalue weighted by molar-refractivity contribution is -0.0682. The molecule has 0 spiro atoms. The van der Waals surface area contributed by atoms with Gasteiger partial charge in [0.2, 0.25) is 0 Å². The zero-order chi connectivity index (χ0) is 25.7. The number of ether oxygens (including phenoxy) is 1. The van der Waals surface area contributed by atoms with Crippen LogP contribution in [0.4, 0.5) is 0 Å². The monoisotopic (exact) mass is 514 g/mol. The van der Waals surface area contributed by atoms with E-state index in [9.17, 15) is 0 Å². The van der Waals surface area contributed by atoms with Crippen molar-refractivity contribution >= 4 is 11.6 Å². The molecule has 0 saturated carbocycles. The van der Waals surface area contributed by atoms with E-state index in [0.717, 1.165) is 18.9 Å². The molecule has 2 heteroatoms. The van der Waals surface area contributed by atoms with Gasteiger partial charge in [-0.3, -0.25) is 0 Å². The van der Waals surface area contributed by atoms with E-state index >= 15 is 0 Å². The van der Waals surface area contributed by atoms with Gasteiger partial charge in [0.1, 0.15) is 0 Å². The highest BCUT2D eigenvalue weighted by molar-refractivity contribution is 6.17. The van der Waals surface area contributed by atoms with Crippen LogP contribution in [0, 0.1) is 0 Å². The largest absolute Gasteiger partial charge is 0.375 e. The summed E-state index contributed by atoms with van der Waals surface area (Å²) in [4.78, 5) is 0. The van der Waals surface area contributed by atoms with Crippen molar-refractivity contribution < 1.29 is 4.74 Å². The van der Waals surface area contributed by atoms with Crippen LogP contribution in [-0.2, 0) is 4.74 Å². The van der Waals surface area contributed by atoms with Crippen molar-refractivity contribution in [3.8, 4) is 0 Å². The van der Waals surface area contributed by atoms with Crippen molar-refractivity contribution in [2.24, 2.45) is 0 Å². The van der Waals surface area contributed by atoms with E-state index in [-0.39, 0.29) is 5.60 Å². The van der Waals surface area contributed by atoms with Gasteiger partial charge in [0, 0.05) is 12.5 Å². The molecule has 1 atom stereocenters. The van der Waals surface area contributed by atoms with Gasteiger partial charge in [-0.25, -0.2) is 0 Å². The highest BCUT2D eigenvalue weighted by Crippen LogP contribution is 2.33. The van der Waals surface area contributed by atoms with E-state index in [4.69, 9.17) is 16.3 Å². The number of halogens is 1. The average molecular weight is 515 g/mol. The smallest absolute Gasteiger partial charge is 0.0683 e. The van der Waals surface area contributed by atoms with Gasteiger partial charge in [0.05, 0.1) is 5.60 Å². The quantitative estimate of drug-likeness (QED) is 0.0683. The molecule has 212 valence electrons.